The van der Waals surface area contributed by atoms with Crippen LogP contribution in [0.4, 0.5) is 17.1 Å². The van der Waals surface area contributed by atoms with Crippen molar-refractivity contribution in [1.82, 2.24) is 4.98 Å². The summed E-state index contributed by atoms with van der Waals surface area (Å²) in [5.74, 6) is 0.373. The molecule has 3 aromatic rings. The lowest BCUT2D eigenvalue weighted by atomic mass is 10.2. The van der Waals surface area contributed by atoms with Gasteiger partial charge >= 0.3 is 0 Å². The molecule has 0 radical (unpaired) electrons. The van der Waals surface area contributed by atoms with E-state index < -0.39 is 0 Å². The van der Waals surface area contributed by atoms with Crippen LogP contribution in [0.25, 0.3) is 10.2 Å². The van der Waals surface area contributed by atoms with Crippen molar-refractivity contribution in [3.63, 3.8) is 0 Å². The van der Waals surface area contributed by atoms with E-state index in [0.717, 1.165) is 39.7 Å². The van der Waals surface area contributed by atoms with Gasteiger partial charge in [-0.2, -0.15) is 0 Å². The zero-order valence-corrected chi connectivity index (χ0v) is 17.2. The number of hydrogen-bond donors (Lipinski definition) is 2. The molecule has 0 bridgehead atoms. The lowest BCUT2D eigenvalue weighted by Crippen LogP contribution is -2.22. The summed E-state index contributed by atoms with van der Waals surface area (Å²) in [5, 5.41) is 7.31. The van der Waals surface area contributed by atoms with Gasteiger partial charge in [-0.3, -0.25) is 4.79 Å². The van der Waals surface area contributed by atoms with Crippen molar-refractivity contribution in [3.05, 3.63) is 47.5 Å². The third-order valence-corrected chi connectivity index (χ3v) is 6.29. The number of hydrogen-bond acceptors (Lipinski definition) is 5. The van der Waals surface area contributed by atoms with Gasteiger partial charge in [0, 0.05) is 36.1 Å². The zero-order valence-electron chi connectivity index (χ0n) is 16.4. The third kappa shape index (κ3) is 4.28. The fourth-order valence-corrected chi connectivity index (χ4v) is 4.43. The highest BCUT2D eigenvalue weighted by Crippen LogP contribution is 2.29. The Morgan fingerprint density at radius 3 is 2.54 bits per heavy atom. The molecule has 1 aromatic heterocycles. The Labute approximate surface area is 169 Å². The molecule has 1 aliphatic rings. The molecule has 0 spiro atoms. The van der Waals surface area contributed by atoms with Gasteiger partial charge in [0.25, 0.3) is 0 Å². The molecule has 4 rings (SSSR count). The Morgan fingerprint density at radius 2 is 1.82 bits per heavy atom. The minimum atomic E-state index is -0.0545. The minimum absolute atomic E-state index is 0.0545. The van der Waals surface area contributed by atoms with Crippen LogP contribution in [0.5, 0.6) is 0 Å². The summed E-state index contributed by atoms with van der Waals surface area (Å²) in [7, 11) is 0. The topological polar surface area (TPSA) is 57.3 Å². The Balaban J connectivity index is 1.33. The number of anilines is 3. The number of rotatable bonds is 6. The van der Waals surface area contributed by atoms with E-state index in [1.807, 2.05) is 24.3 Å². The van der Waals surface area contributed by atoms with Crippen molar-refractivity contribution in [1.29, 1.82) is 0 Å². The zero-order chi connectivity index (χ0) is 19.5. The molecular formula is C22H26N4OS. The molecule has 0 aliphatic carbocycles. The summed E-state index contributed by atoms with van der Waals surface area (Å²) in [6.07, 6.45) is 2.52. The van der Waals surface area contributed by atoms with Crippen molar-refractivity contribution in [2.24, 2.45) is 0 Å². The lowest BCUT2D eigenvalue weighted by Gasteiger charge is -2.17. The number of nitrogens with zero attached hydrogens (tertiary/aromatic N) is 2. The fourth-order valence-electron chi connectivity index (χ4n) is 3.42. The van der Waals surface area contributed by atoms with Crippen LogP contribution < -0.4 is 15.5 Å². The number of thiazole rings is 1. The van der Waals surface area contributed by atoms with E-state index in [0.29, 0.717) is 5.92 Å². The highest BCUT2D eigenvalue weighted by atomic mass is 32.1. The molecule has 5 nitrogen and oxygen atoms in total. The van der Waals surface area contributed by atoms with Gasteiger partial charge < -0.3 is 15.5 Å². The van der Waals surface area contributed by atoms with E-state index in [4.69, 9.17) is 0 Å². The number of carbonyl (C=O) groups is 1. The molecule has 2 heterocycles. The van der Waals surface area contributed by atoms with E-state index >= 15 is 0 Å². The average Bonchev–Trinajstić information content (AvgIpc) is 3.36. The summed E-state index contributed by atoms with van der Waals surface area (Å²) in [6, 6.07) is 14.2. The summed E-state index contributed by atoms with van der Waals surface area (Å²) >= 11 is 1.71. The fraction of sp³-hybridized carbons (Fsp3) is 0.364. The lowest BCUT2D eigenvalue weighted by molar-refractivity contribution is -0.114. The van der Waals surface area contributed by atoms with E-state index in [-0.39, 0.29) is 12.5 Å². The van der Waals surface area contributed by atoms with Crippen LogP contribution in [0.1, 0.15) is 37.6 Å². The second kappa shape index (κ2) is 8.19. The highest BCUT2D eigenvalue weighted by Gasteiger charge is 2.12. The van der Waals surface area contributed by atoms with Crippen molar-refractivity contribution in [2.45, 2.75) is 32.6 Å². The molecule has 0 unspecified atom stereocenters. The van der Waals surface area contributed by atoms with Crippen LogP contribution in [0.2, 0.25) is 0 Å². The van der Waals surface area contributed by atoms with Crippen molar-refractivity contribution >= 4 is 44.5 Å². The number of nitrogens with one attached hydrogen (secondary N) is 2. The molecule has 2 N–H and O–H groups in total. The van der Waals surface area contributed by atoms with Gasteiger partial charge in [0.2, 0.25) is 5.91 Å². The molecule has 0 atom stereocenters. The molecule has 146 valence electrons. The molecule has 0 saturated carbocycles. The van der Waals surface area contributed by atoms with Crippen LogP contribution in [0.15, 0.2) is 42.5 Å². The summed E-state index contributed by atoms with van der Waals surface area (Å²) in [5.41, 5.74) is 4.01. The van der Waals surface area contributed by atoms with Crippen molar-refractivity contribution in [2.75, 3.05) is 35.2 Å². The summed E-state index contributed by atoms with van der Waals surface area (Å²) < 4.78 is 1.15. The minimum Gasteiger partial charge on any atom is -0.376 e. The van der Waals surface area contributed by atoms with Gasteiger partial charge in [0.05, 0.1) is 21.8 Å². The van der Waals surface area contributed by atoms with Gasteiger partial charge in [0.1, 0.15) is 0 Å². The van der Waals surface area contributed by atoms with Crippen LogP contribution in [-0.4, -0.2) is 30.5 Å². The summed E-state index contributed by atoms with van der Waals surface area (Å²) in [6.45, 7) is 6.78. The maximum atomic E-state index is 12.3. The number of amides is 1. The maximum absolute atomic E-state index is 12.3. The molecular weight excluding hydrogens is 368 g/mol. The Morgan fingerprint density at radius 1 is 1.11 bits per heavy atom. The quantitative estimate of drug-likeness (QED) is 0.613. The first kappa shape index (κ1) is 18.7. The van der Waals surface area contributed by atoms with Gasteiger partial charge in [-0.1, -0.05) is 13.8 Å². The van der Waals surface area contributed by atoms with Crippen molar-refractivity contribution in [3.8, 4) is 0 Å². The van der Waals surface area contributed by atoms with E-state index in [1.54, 1.807) is 11.3 Å². The Bertz CT molecular complexity index is 958. The van der Waals surface area contributed by atoms with Crippen LogP contribution in [-0.2, 0) is 4.79 Å². The first-order valence-electron chi connectivity index (χ1n) is 9.88. The first-order valence-corrected chi connectivity index (χ1v) is 10.7. The molecule has 2 aromatic carbocycles. The predicted molar refractivity (Wildman–Crippen MR) is 119 cm³/mol. The van der Waals surface area contributed by atoms with Gasteiger partial charge in [0.15, 0.2) is 0 Å². The SMILES string of the molecule is CC(C)c1nc2ccc(NCC(=O)Nc3ccc(N4CCCC4)cc3)cc2s1. The molecule has 1 aliphatic heterocycles. The molecule has 28 heavy (non-hydrogen) atoms. The van der Waals surface area contributed by atoms with Gasteiger partial charge in [-0.15, -0.1) is 11.3 Å². The standard InChI is InChI=1S/C22H26N4OS/c1-15(2)22-25-19-10-7-17(13-20(19)28-22)23-14-21(27)24-16-5-8-18(9-6-16)26-11-3-4-12-26/h5-10,13,15,23H,3-4,11-12,14H2,1-2H3,(H,24,27). The normalized spacial score (nSPS) is 14.0. The van der Waals surface area contributed by atoms with E-state index in [9.17, 15) is 4.79 Å². The van der Waals surface area contributed by atoms with Gasteiger partial charge in [-0.25, -0.2) is 4.98 Å². The number of aromatic nitrogens is 1. The molecule has 1 saturated heterocycles. The van der Waals surface area contributed by atoms with E-state index in [2.05, 4.69) is 52.6 Å². The van der Waals surface area contributed by atoms with Crippen LogP contribution in [0, 0.1) is 0 Å². The van der Waals surface area contributed by atoms with Crippen molar-refractivity contribution < 1.29 is 4.79 Å². The Kier molecular flexibility index (Phi) is 5.48. The highest BCUT2D eigenvalue weighted by molar-refractivity contribution is 7.18. The monoisotopic (exact) mass is 394 g/mol. The largest absolute Gasteiger partial charge is 0.376 e. The number of carbonyl (C=O) groups excluding carboxylic acids is 1. The Hall–Kier alpha value is -2.60. The first-order chi connectivity index (χ1) is 13.6. The molecule has 1 fully saturated rings. The predicted octanol–water partition coefficient (Wildman–Crippen LogP) is 5.07. The smallest absolute Gasteiger partial charge is 0.243 e. The number of fused-ring (bicyclic) bond motifs is 1. The van der Waals surface area contributed by atoms with Crippen LogP contribution >= 0.6 is 11.3 Å². The third-order valence-electron chi connectivity index (χ3n) is 4.97. The molecule has 1 amide bonds. The second-order valence-electron chi connectivity index (χ2n) is 7.53. The average molecular weight is 395 g/mol. The van der Waals surface area contributed by atoms with Crippen LogP contribution in [0.3, 0.4) is 0 Å². The van der Waals surface area contributed by atoms with Gasteiger partial charge in [-0.05, 0) is 55.3 Å². The maximum Gasteiger partial charge on any atom is 0.243 e. The second-order valence-corrected chi connectivity index (χ2v) is 8.59. The van der Waals surface area contributed by atoms with E-state index in [1.165, 1.54) is 18.5 Å². The molecule has 6 heteroatoms. The summed E-state index contributed by atoms with van der Waals surface area (Å²) in [4.78, 5) is 19.3. The number of benzene rings is 2.